The van der Waals surface area contributed by atoms with Gasteiger partial charge >= 0.3 is 11.9 Å². The third-order valence-electron chi connectivity index (χ3n) is 8.26. The van der Waals surface area contributed by atoms with E-state index in [-0.39, 0.29) is 37.2 Å². The lowest BCUT2D eigenvalue weighted by molar-refractivity contribution is -0.142. The maximum absolute atomic E-state index is 14.1. The molecule has 17 nitrogen and oxygen atoms in total. The number of hydrogen-bond donors (Lipinski definition) is 10. The second-order valence-electron chi connectivity index (χ2n) is 12.5. The number of aliphatic carboxylic acids is 2. The summed E-state index contributed by atoms with van der Waals surface area (Å²) >= 11 is 0. The first-order chi connectivity index (χ1) is 25.8. The molecular weight excluding hydrogens is 702 g/mol. The van der Waals surface area contributed by atoms with E-state index in [0.717, 1.165) is 0 Å². The predicted octanol–water partition coefficient (Wildman–Crippen LogP) is -0.0827. The summed E-state index contributed by atoms with van der Waals surface area (Å²) in [6, 6.07) is 13.1. The van der Waals surface area contributed by atoms with Gasteiger partial charge < -0.3 is 52.4 Å². The highest BCUT2D eigenvalue weighted by molar-refractivity contribution is 5.96. The van der Waals surface area contributed by atoms with Crippen molar-refractivity contribution in [1.29, 1.82) is 0 Å². The molecule has 54 heavy (non-hydrogen) atoms. The molecule has 0 aliphatic rings. The zero-order valence-corrected chi connectivity index (χ0v) is 28.8. The Hall–Kier alpha value is -6.75. The molecule has 11 N–H and O–H groups in total. The minimum atomic E-state index is -1.51. The van der Waals surface area contributed by atoms with Gasteiger partial charge in [0.05, 0.1) is 18.8 Å². The number of hydrogen-bond acceptors (Lipinski definition) is 10. The van der Waals surface area contributed by atoms with E-state index < -0.39 is 72.2 Å². The number of nitrogens with zero attached hydrogens (tertiary/aromatic N) is 1. The molecule has 0 saturated heterocycles. The fourth-order valence-electron chi connectivity index (χ4n) is 5.41. The standard InChI is InChI=1S/C37H41N7O10/c38-27(18-32(47)48)33(49)41-28(15-22-6-10-25(45)11-7-22)34(50)43-30(16-23-8-12-26(46)13-9-23)35(51)42-29(14-21-4-2-1-3-5-21)36(52)44-31(37(53)54)17-24-19-39-20-40-24/h1-13,19-20,27-31,45-46H,14-18,38H2,(H,39,40)(H,41,49)(H,42,51)(H,43,50)(H,44,52)(H,47,48)(H,53,54)/t27-,28-,29-,30-,31-/m0/s1. The average Bonchev–Trinajstić information content (AvgIpc) is 3.65. The van der Waals surface area contributed by atoms with Gasteiger partial charge in [0.1, 0.15) is 35.7 Å². The minimum Gasteiger partial charge on any atom is -0.508 e. The van der Waals surface area contributed by atoms with E-state index in [9.17, 15) is 44.1 Å². The lowest BCUT2D eigenvalue weighted by atomic mass is 10.0. The number of carboxylic acids is 2. The number of carboxylic acid groups (broad SMARTS) is 2. The topological polar surface area (TPSA) is 286 Å². The number of aromatic amines is 1. The van der Waals surface area contributed by atoms with Gasteiger partial charge in [-0.25, -0.2) is 9.78 Å². The largest absolute Gasteiger partial charge is 0.508 e. The molecule has 4 aromatic rings. The third-order valence-corrected chi connectivity index (χ3v) is 8.26. The number of carbonyl (C=O) groups is 6. The van der Waals surface area contributed by atoms with Gasteiger partial charge in [0.15, 0.2) is 0 Å². The van der Waals surface area contributed by atoms with E-state index in [1.807, 2.05) is 0 Å². The van der Waals surface area contributed by atoms with Gasteiger partial charge in [0.2, 0.25) is 23.6 Å². The van der Waals surface area contributed by atoms with Crippen LogP contribution in [0.3, 0.4) is 0 Å². The molecule has 0 unspecified atom stereocenters. The Bertz CT molecular complexity index is 1890. The zero-order valence-electron chi connectivity index (χ0n) is 28.8. The van der Waals surface area contributed by atoms with Crippen LogP contribution >= 0.6 is 0 Å². The molecule has 4 rings (SSSR count). The Balaban J connectivity index is 1.62. The quantitative estimate of drug-likeness (QED) is 0.0604. The number of phenolic OH excluding ortho intramolecular Hbond substituents is 2. The first-order valence-corrected chi connectivity index (χ1v) is 16.8. The summed E-state index contributed by atoms with van der Waals surface area (Å²) in [5, 5.41) is 48.8. The van der Waals surface area contributed by atoms with Crippen molar-refractivity contribution >= 4 is 35.6 Å². The second-order valence-corrected chi connectivity index (χ2v) is 12.5. The zero-order chi connectivity index (χ0) is 39.2. The molecule has 0 aliphatic heterocycles. The molecular formula is C37H41N7O10. The van der Waals surface area contributed by atoms with Gasteiger partial charge in [-0.1, -0.05) is 54.6 Å². The monoisotopic (exact) mass is 743 g/mol. The van der Waals surface area contributed by atoms with E-state index in [4.69, 9.17) is 10.8 Å². The van der Waals surface area contributed by atoms with Gasteiger partial charge in [0.25, 0.3) is 0 Å². The van der Waals surface area contributed by atoms with E-state index in [1.54, 1.807) is 30.3 Å². The van der Waals surface area contributed by atoms with Crippen LogP contribution < -0.4 is 27.0 Å². The number of carbonyl (C=O) groups excluding carboxylic acids is 4. The lowest BCUT2D eigenvalue weighted by Gasteiger charge is -2.27. The average molecular weight is 744 g/mol. The highest BCUT2D eigenvalue weighted by Crippen LogP contribution is 2.15. The van der Waals surface area contributed by atoms with Crippen LogP contribution in [0.25, 0.3) is 0 Å². The van der Waals surface area contributed by atoms with Crippen LogP contribution in [0.5, 0.6) is 11.5 Å². The Kier molecular flexibility index (Phi) is 14.2. The van der Waals surface area contributed by atoms with Crippen LogP contribution in [0.2, 0.25) is 0 Å². The maximum atomic E-state index is 14.1. The van der Waals surface area contributed by atoms with E-state index >= 15 is 0 Å². The molecule has 0 saturated carbocycles. The van der Waals surface area contributed by atoms with Crippen molar-refractivity contribution in [2.45, 2.75) is 62.3 Å². The fourth-order valence-corrected chi connectivity index (χ4v) is 5.41. The third kappa shape index (κ3) is 12.5. The Morgan fingerprint density at radius 1 is 0.593 bits per heavy atom. The van der Waals surface area contributed by atoms with Crippen molar-refractivity contribution in [3.8, 4) is 11.5 Å². The molecule has 0 bridgehead atoms. The molecule has 0 fully saturated rings. The number of amides is 4. The summed E-state index contributed by atoms with van der Waals surface area (Å²) in [5.74, 6) is -6.25. The summed E-state index contributed by atoms with van der Waals surface area (Å²) in [5.41, 5.74) is 7.82. The summed E-state index contributed by atoms with van der Waals surface area (Å²) in [6.45, 7) is 0. The van der Waals surface area contributed by atoms with Crippen LogP contribution in [0.1, 0.15) is 28.8 Å². The van der Waals surface area contributed by atoms with Crippen LogP contribution in [0.4, 0.5) is 0 Å². The van der Waals surface area contributed by atoms with Crippen molar-refractivity contribution in [3.63, 3.8) is 0 Å². The van der Waals surface area contributed by atoms with Gasteiger partial charge in [-0.05, 0) is 41.0 Å². The van der Waals surface area contributed by atoms with Gasteiger partial charge in [0, 0.05) is 37.6 Å². The number of nitrogens with two attached hydrogens (primary N) is 1. The normalized spacial score (nSPS) is 13.6. The molecule has 284 valence electrons. The lowest BCUT2D eigenvalue weighted by Crippen LogP contribution is -2.59. The molecule has 1 heterocycles. The first-order valence-electron chi connectivity index (χ1n) is 16.8. The van der Waals surface area contributed by atoms with E-state index in [2.05, 4.69) is 31.2 Å². The Morgan fingerprint density at radius 2 is 1.02 bits per heavy atom. The predicted molar refractivity (Wildman–Crippen MR) is 192 cm³/mol. The van der Waals surface area contributed by atoms with Crippen LogP contribution in [-0.2, 0) is 54.5 Å². The van der Waals surface area contributed by atoms with Crippen molar-refractivity contribution < 1.29 is 49.2 Å². The molecule has 17 heteroatoms. The molecule has 4 amide bonds. The second kappa shape index (κ2) is 19.2. The highest BCUT2D eigenvalue weighted by atomic mass is 16.4. The fraction of sp³-hybridized carbons (Fsp3) is 0.270. The number of nitrogens with one attached hydrogen (secondary N) is 5. The number of aromatic nitrogens is 2. The number of aromatic hydroxyl groups is 2. The minimum absolute atomic E-state index is 0.0528. The molecule has 0 spiro atoms. The number of H-pyrrole nitrogens is 1. The van der Waals surface area contributed by atoms with E-state index in [1.165, 1.54) is 61.1 Å². The number of rotatable bonds is 19. The number of phenols is 2. The summed E-state index contributed by atoms with van der Waals surface area (Å²) in [4.78, 5) is 84.6. The van der Waals surface area contributed by atoms with Gasteiger partial charge in [-0.15, -0.1) is 0 Å². The first kappa shape index (κ1) is 40.0. The van der Waals surface area contributed by atoms with Gasteiger partial charge in [-0.3, -0.25) is 24.0 Å². The Morgan fingerprint density at radius 3 is 1.43 bits per heavy atom. The van der Waals surface area contributed by atoms with E-state index in [0.29, 0.717) is 22.4 Å². The number of imidazole rings is 1. The van der Waals surface area contributed by atoms with Crippen molar-refractivity contribution in [2.24, 2.45) is 5.73 Å². The molecule has 0 radical (unpaired) electrons. The molecule has 3 aromatic carbocycles. The summed E-state index contributed by atoms with van der Waals surface area (Å²) in [7, 11) is 0. The number of benzene rings is 3. The van der Waals surface area contributed by atoms with Crippen LogP contribution in [0.15, 0.2) is 91.4 Å². The smallest absolute Gasteiger partial charge is 0.326 e. The molecule has 1 aromatic heterocycles. The summed E-state index contributed by atoms with van der Waals surface area (Å²) < 4.78 is 0. The van der Waals surface area contributed by atoms with Crippen molar-refractivity contribution in [1.82, 2.24) is 31.2 Å². The molecule has 5 atom stereocenters. The SMILES string of the molecule is N[C@@H](CC(=O)O)C(=O)N[C@@H](Cc1ccc(O)cc1)C(=O)N[C@@H](Cc1ccc(O)cc1)C(=O)N[C@@H](Cc1ccccc1)C(=O)N[C@@H](Cc1cnc[nH]1)C(=O)O. The highest BCUT2D eigenvalue weighted by Gasteiger charge is 2.33. The molecule has 0 aliphatic carbocycles. The maximum Gasteiger partial charge on any atom is 0.326 e. The van der Waals surface area contributed by atoms with Crippen LogP contribution in [-0.4, -0.2) is 96.2 Å². The van der Waals surface area contributed by atoms with Crippen molar-refractivity contribution in [2.75, 3.05) is 0 Å². The van der Waals surface area contributed by atoms with Gasteiger partial charge in [-0.2, -0.15) is 0 Å². The van der Waals surface area contributed by atoms with Crippen LogP contribution in [0, 0.1) is 0 Å². The summed E-state index contributed by atoms with van der Waals surface area (Å²) in [6.07, 6.45) is 1.55. The Labute approximate surface area is 309 Å². The van der Waals surface area contributed by atoms with Crippen molar-refractivity contribution in [3.05, 3.63) is 114 Å².